The number of rotatable bonds is 14. The number of anilines is 2. The maximum Gasteiger partial charge on any atom is 0.259 e. The van der Waals surface area contributed by atoms with Crippen LogP contribution in [0.25, 0.3) is 0 Å². The summed E-state index contributed by atoms with van der Waals surface area (Å²) >= 11 is 0. The number of amides is 4. The smallest absolute Gasteiger partial charge is 0.259 e. The molecule has 1 unspecified atom stereocenters. The molecule has 0 radical (unpaired) electrons. The van der Waals surface area contributed by atoms with Crippen molar-refractivity contribution in [3.8, 4) is 11.5 Å². The molecule has 3 aromatic carbocycles. The van der Waals surface area contributed by atoms with Crippen molar-refractivity contribution in [3.05, 3.63) is 82.2 Å². The molecule has 1 aliphatic carbocycles. The van der Waals surface area contributed by atoms with Crippen molar-refractivity contribution in [2.75, 3.05) is 36.9 Å². The van der Waals surface area contributed by atoms with Crippen LogP contribution in [-0.2, 0) is 22.7 Å². The van der Waals surface area contributed by atoms with E-state index in [0.717, 1.165) is 118 Å². The number of nitrogens with two attached hydrogens (primary N) is 1. The number of likely N-dealkylation sites (tertiary alicyclic amines) is 1. The van der Waals surface area contributed by atoms with E-state index < -0.39 is 17.8 Å². The topological polar surface area (TPSA) is 135 Å². The minimum atomic E-state index is -0.709. The van der Waals surface area contributed by atoms with Crippen LogP contribution in [0.5, 0.6) is 11.5 Å². The standard InChI is InChI=1S/C44H52FN5O6/c45-30-22-34(37-27-50(44(54)36(37)23-30)38-13-15-41(51)47-42(38)52)28-16-19-48(20-17-28)18-6-2-1-3-7-21-55-39-14-12-32(25-40(39)56-33-8-4-5-9-33)49-26-29-10-11-31(46)24-35(29)43(49)53/h10-12,14,22-25,28,33,38H,1-9,13,15-21,26-27,46H2,(H,47,51,52). The molecule has 4 aliphatic heterocycles. The highest BCUT2D eigenvalue weighted by atomic mass is 19.1. The summed E-state index contributed by atoms with van der Waals surface area (Å²) in [7, 11) is 0. The average Bonchev–Trinajstić information content (AvgIpc) is 3.91. The predicted octanol–water partition coefficient (Wildman–Crippen LogP) is 6.86. The van der Waals surface area contributed by atoms with Gasteiger partial charge in [0, 0.05) is 41.5 Å². The minimum absolute atomic E-state index is 0.0515. The van der Waals surface area contributed by atoms with Crippen molar-refractivity contribution in [2.24, 2.45) is 0 Å². The van der Waals surface area contributed by atoms with Gasteiger partial charge in [0.1, 0.15) is 11.9 Å². The highest BCUT2D eigenvalue weighted by Crippen LogP contribution is 2.40. The molecule has 1 saturated carbocycles. The number of halogens is 1. The number of unbranched alkanes of at least 4 members (excludes halogenated alkanes) is 4. The van der Waals surface area contributed by atoms with Crippen LogP contribution in [-0.4, -0.2) is 71.8 Å². The first-order chi connectivity index (χ1) is 27.2. The van der Waals surface area contributed by atoms with Gasteiger partial charge in [-0.3, -0.25) is 24.5 Å². The summed E-state index contributed by atoms with van der Waals surface area (Å²) < 4.78 is 27.5. The van der Waals surface area contributed by atoms with E-state index >= 15 is 0 Å². The van der Waals surface area contributed by atoms with Crippen LogP contribution in [0.3, 0.4) is 0 Å². The Morgan fingerprint density at radius 1 is 0.786 bits per heavy atom. The molecular weight excluding hydrogens is 714 g/mol. The Labute approximate surface area is 327 Å². The van der Waals surface area contributed by atoms with Gasteiger partial charge >= 0.3 is 0 Å². The summed E-state index contributed by atoms with van der Waals surface area (Å²) in [5.74, 6) is -0.00697. The Balaban J connectivity index is 0.768. The summed E-state index contributed by atoms with van der Waals surface area (Å²) in [6, 6.07) is 13.5. The van der Waals surface area contributed by atoms with Gasteiger partial charge in [-0.05, 0) is 136 Å². The number of hydrogen-bond donors (Lipinski definition) is 2. The first-order valence-electron chi connectivity index (χ1n) is 20.5. The quantitative estimate of drug-likeness (QED) is 0.103. The van der Waals surface area contributed by atoms with E-state index in [1.165, 1.54) is 11.0 Å². The first-order valence-corrected chi connectivity index (χ1v) is 20.5. The fourth-order valence-corrected chi connectivity index (χ4v) is 9.22. The molecule has 3 fully saturated rings. The molecule has 4 amide bonds. The van der Waals surface area contributed by atoms with Crippen LogP contribution in [0, 0.1) is 5.82 Å². The summed E-state index contributed by atoms with van der Waals surface area (Å²) in [5, 5.41) is 2.34. The van der Waals surface area contributed by atoms with E-state index in [-0.39, 0.29) is 49.1 Å². The number of carbonyl (C=O) groups excluding carboxylic acids is 4. The maximum atomic E-state index is 14.8. The lowest BCUT2D eigenvalue weighted by molar-refractivity contribution is -0.136. The Hall–Kier alpha value is -4.97. The van der Waals surface area contributed by atoms with Gasteiger partial charge in [0.2, 0.25) is 11.8 Å². The lowest BCUT2D eigenvalue weighted by Crippen LogP contribution is -2.52. The van der Waals surface area contributed by atoms with Crippen molar-refractivity contribution in [1.82, 2.24) is 15.1 Å². The second-order valence-corrected chi connectivity index (χ2v) is 16.1. The average molecular weight is 766 g/mol. The molecule has 11 nitrogen and oxygen atoms in total. The van der Waals surface area contributed by atoms with E-state index in [9.17, 15) is 23.6 Å². The molecule has 1 atom stereocenters. The van der Waals surface area contributed by atoms with E-state index in [1.807, 2.05) is 30.3 Å². The van der Waals surface area contributed by atoms with E-state index in [2.05, 4.69) is 10.2 Å². The van der Waals surface area contributed by atoms with Crippen LogP contribution in [0.15, 0.2) is 48.5 Å². The van der Waals surface area contributed by atoms with Crippen LogP contribution in [0.2, 0.25) is 0 Å². The number of nitrogens with zero attached hydrogens (tertiary/aromatic N) is 3. The van der Waals surface area contributed by atoms with Gasteiger partial charge in [0.25, 0.3) is 11.8 Å². The number of nitrogens with one attached hydrogen (secondary N) is 1. The molecule has 0 aromatic heterocycles. The monoisotopic (exact) mass is 765 g/mol. The molecule has 56 heavy (non-hydrogen) atoms. The lowest BCUT2D eigenvalue weighted by Gasteiger charge is -2.33. The molecule has 2 saturated heterocycles. The van der Waals surface area contributed by atoms with Gasteiger partial charge in [-0.2, -0.15) is 0 Å². The fourth-order valence-electron chi connectivity index (χ4n) is 9.22. The highest BCUT2D eigenvalue weighted by Gasteiger charge is 2.41. The number of hydrogen-bond acceptors (Lipinski definition) is 8. The summed E-state index contributed by atoms with van der Waals surface area (Å²) in [4.78, 5) is 56.5. The molecule has 8 rings (SSSR count). The van der Waals surface area contributed by atoms with Crippen LogP contribution < -0.4 is 25.4 Å². The van der Waals surface area contributed by atoms with Crippen molar-refractivity contribution in [2.45, 2.75) is 115 Å². The van der Waals surface area contributed by atoms with Crippen molar-refractivity contribution >= 4 is 35.0 Å². The SMILES string of the molecule is Nc1ccc2c(c1)C(=O)N(c1ccc(OCCCCCCCN3CCC(c4cc(F)cc5c4CN(C4CCC(=O)NC4=O)C5=O)CC3)c(OC3CCCC3)c1)C2. The minimum Gasteiger partial charge on any atom is -0.490 e. The van der Waals surface area contributed by atoms with Gasteiger partial charge in [-0.25, -0.2) is 4.39 Å². The number of piperidine rings is 2. The Morgan fingerprint density at radius 3 is 2.38 bits per heavy atom. The molecule has 4 heterocycles. The molecule has 0 bridgehead atoms. The third kappa shape index (κ3) is 8.12. The van der Waals surface area contributed by atoms with Gasteiger partial charge in [0.05, 0.1) is 19.3 Å². The number of nitrogen functional groups attached to an aromatic ring is 1. The molecule has 12 heteroatoms. The molecule has 5 aliphatic rings. The van der Waals surface area contributed by atoms with Gasteiger partial charge in [-0.1, -0.05) is 25.3 Å². The highest BCUT2D eigenvalue weighted by molar-refractivity contribution is 6.10. The van der Waals surface area contributed by atoms with Crippen LogP contribution in [0.1, 0.15) is 127 Å². The van der Waals surface area contributed by atoms with E-state index in [0.29, 0.717) is 35.7 Å². The van der Waals surface area contributed by atoms with Crippen molar-refractivity contribution < 1.29 is 33.0 Å². The zero-order valence-corrected chi connectivity index (χ0v) is 32.0. The van der Waals surface area contributed by atoms with Gasteiger partial charge in [0.15, 0.2) is 11.5 Å². The maximum absolute atomic E-state index is 14.8. The van der Waals surface area contributed by atoms with Gasteiger partial charge < -0.3 is 29.9 Å². The Morgan fingerprint density at radius 2 is 1.57 bits per heavy atom. The number of carbonyl (C=O) groups is 4. The third-order valence-electron chi connectivity index (χ3n) is 12.3. The molecular formula is C44H52FN5O6. The normalized spacial score (nSPS) is 20.5. The van der Waals surface area contributed by atoms with Crippen molar-refractivity contribution in [1.29, 1.82) is 0 Å². The predicted molar refractivity (Wildman–Crippen MR) is 210 cm³/mol. The summed E-state index contributed by atoms with van der Waals surface area (Å²) in [6.07, 6.45) is 12.2. The Bertz CT molecular complexity index is 1990. The lowest BCUT2D eigenvalue weighted by atomic mass is 9.85. The van der Waals surface area contributed by atoms with E-state index in [4.69, 9.17) is 15.2 Å². The fraction of sp³-hybridized carbons (Fsp3) is 0.500. The first kappa shape index (κ1) is 37.9. The van der Waals surface area contributed by atoms with Crippen LogP contribution >= 0.6 is 0 Å². The summed E-state index contributed by atoms with van der Waals surface area (Å²) in [5.41, 5.74) is 11.0. The number of benzene rings is 3. The molecule has 3 N–H and O–H groups in total. The number of fused-ring (bicyclic) bond motifs is 2. The number of imide groups is 1. The van der Waals surface area contributed by atoms with E-state index in [1.54, 1.807) is 17.0 Å². The number of ether oxygens (including phenoxy) is 2. The van der Waals surface area contributed by atoms with Crippen LogP contribution in [0.4, 0.5) is 15.8 Å². The second-order valence-electron chi connectivity index (χ2n) is 16.1. The summed E-state index contributed by atoms with van der Waals surface area (Å²) in [6.45, 7) is 4.25. The zero-order valence-electron chi connectivity index (χ0n) is 32.0. The molecule has 296 valence electrons. The Kier molecular flexibility index (Phi) is 11.3. The van der Waals surface area contributed by atoms with Crippen molar-refractivity contribution in [3.63, 3.8) is 0 Å². The zero-order chi connectivity index (χ0) is 38.8. The second kappa shape index (κ2) is 16.6. The molecule has 0 spiro atoms. The third-order valence-corrected chi connectivity index (χ3v) is 12.3. The molecule has 3 aromatic rings. The largest absolute Gasteiger partial charge is 0.490 e. The van der Waals surface area contributed by atoms with Gasteiger partial charge in [-0.15, -0.1) is 0 Å².